The Labute approximate surface area is 199 Å². The lowest BCUT2D eigenvalue weighted by atomic mass is 10.0. The minimum atomic E-state index is -2.77. The van der Waals surface area contributed by atoms with E-state index in [9.17, 15) is 13.6 Å². The number of benzene rings is 3. The molecule has 1 heterocycles. The third-order valence-corrected chi connectivity index (χ3v) is 6.31. The molecule has 6 nitrogen and oxygen atoms in total. The van der Waals surface area contributed by atoms with Crippen molar-refractivity contribution in [2.45, 2.75) is 19.4 Å². The summed E-state index contributed by atoms with van der Waals surface area (Å²) in [7, 11) is 0. The second kappa shape index (κ2) is 10.1. The Kier molecular flexibility index (Phi) is 7.03. The fraction of sp³-hybridized carbons (Fsp3) is 0.120. The van der Waals surface area contributed by atoms with Crippen molar-refractivity contribution in [1.29, 1.82) is 0 Å². The van der Waals surface area contributed by atoms with E-state index in [0.29, 0.717) is 17.6 Å². The van der Waals surface area contributed by atoms with E-state index in [0.717, 1.165) is 15.3 Å². The summed E-state index contributed by atoms with van der Waals surface area (Å²) in [5.41, 5.74) is 1.96. The number of pyridine rings is 1. The first-order valence-corrected chi connectivity index (χ1v) is 11.8. The average Bonchev–Trinajstić information content (AvgIpc) is 2.84. The van der Waals surface area contributed by atoms with Gasteiger partial charge in [-0.25, -0.2) is 0 Å². The fourth-order valence-corrected chi connectivity index (χ4v) is 4.74. The van der Waals surface area contributed by atoms with Crippen LogP contribution in [0.25, 0.3) is 10.9 Å². The number of para-hydroxylation sites is 2. The van der Waals surface area contributed by atoms with Crippen LogP contribution in [0.2, 0.25) is 5.02 Å². The highest BCUT2D eigenvalue weighted by atomic mass is 35.5. The number of nitrogens with one attached hydrogen (secondary N) is 1. The zero-order chi connectivity index (χ0) is 23.4. The largest absolute Gasteiger partial charge is 0.755 e. The van der Waals surface area contributed by atoms with E-state index in [1.54, 1.807) is 42.6 Å². The third kappa shape index (κ3) is 4.75. The van der Waals surface area contributed by atoms with Crippen molar-refractivity contribution in [3.8, 4) is 0 Å². The van der Waals surface area contributed by atoms with Crippen LogP contribution < -0.4 is 9.62 Å². The van der Waals surface area contributed by atoms with Gasteiger partial charge in [-0.2, -0.15) is 0 Å². The number of aromatic nitrogens is 1. The van der Waals surface area contributed by atoms with Crippen molar-refractivity contribution in [2.24, 2.45) is 0 Å². The molecule has 0 radical (unpaired) electrons. The van der Waals surface area contributed by atoms with Gasteiger partial charge in [0.05, 0.1) is 44.8 Å². The summed E-state index contributed by atoms with van der Waals surface area (Å²) in [4.78, 5) is 17.7. The summed E-state index contributed by atoms with van der Waals surface area (Å²) >= 11 is 3.72. The van der Waals surface area contributed by atoms with E-state index in [4.69, 9.17) is 11.6 Å². The number of halogens is 1. The Morgan fingerprint density at radius 3 is 2.52 bits per heavy atom. The van der Waals surface area contributed by atoms with E-state index in [-0.39, 0.29) is 22.3 Å². The molecule has 3 aromatic carbocycles. The highest BCUT2D eigenvalue weighted by Crippen LogP contribution is 2.39. The number of hydrogen-bond acceptors (Lipinski definition) is 4. The predicted molar refractivity (Wildman–Crippen MR) is 131 cm³/mol. The lowest BCUT2D eigenvalue weighted by Gasteiger charge is -2.30. The quantitative estimate of drug-likeness (QED) is 0.345. The summed E-state index contributed by atoms with van der Waals surface area (Å²) in [5.74, 6) is -0.424. The first-order valence-electron chi connectivity index (χ1n) is 10.4. The van der Waals surface area contributed by atoms with Gasteiger partial charge in [-0.05, 0) is 36.2 Å². The van der Waals surface area contributed by atoms with Crippen molar-refractivity contribution in [1.82, 2.24) is 10.3 Å². The second-order valence-corrected chi connectivity index (χ2v) is 8.55. The molecule has 0 fully saturated rings. The Bertz CT molecular complexity index is 1310. The summed E-state index contributed by atoms with van der Waals surface area (Å²) in [6, 6.07) is 22.9. The van der Waals surface area contributed by atoms with Crippen molar-refractivity contribution < 1.29 is 13.6 Å². The molecule has 2 atom stereocenters. The molecule has 0 spiro atoms. The van der Waals surface area contributed by atoms with Crippen LogP contribution in [0.4, 0.5) is 11.4 Å². The van der Waals surface area contributed by atoms with Crippen LogP contribution in [0.1, 0.15) is 35.3 Å². The zero-order valence-corrected chi connectivity index (χ0v) is 19.3. The molecule has 168 valence electrons. The van der Waals surface area contributed by atoms with Crippen molar-refractivity contribution >= 4 is 51.1 Å². The van der Waals surface area contributed by atoms with Crippen LogP contribution in [0.3, 0.4) is 0 Å². The Morgan fingerprint density at radius 2 is 1.79 bits per heavy atom. The summed E-state index contributed by atoms with van der Waals surface area (Å²) in [6.07, 6.45) is 2.25. The number of amides is 1. The number of nitrogens with zero attached hydrogens (tertiary/aromatic N) is 2. The van der Waals surface area contributed by atoms with Crippen LogP contribution in [-0.2, 0) is 11.3 Å². The molecule has 8 heteroatoms. The highest BCUT2D eigenvalue weighted by molar-refractivity contribution is 7.81. The first-order chi connectivity index (χ1) is 16.0. The second-order valence-electron chi connectivity index (χ2n) is 7.34. The van der Waals surface area contributed by atoms with Gasteiger partial charge < -0.3 is 9.87 Å². The van der Waals surface area contributed by atoms with Crippen LogP contribution >= 0.6 is 11.6 Å². The number of fused-ring (bicyclic) bond motifs is 1. The smallest absolute Gasteiger partial charge is 0.253 e. The maximum Gasteiger partial charge on any atom is 0.253 e. The standard InChI is InChI=1S/C25H22ClN3O3S/c1-2-21(17-9-4-3-5-10-17)28-25(30)19-13-7-14-20(26)24(19)29(33(31)32)22-15-6-11-18-12-8-16-27-23(18)22/h3-16,21H,2H2,1H3,(H,28,30)(H,31,32)/p-1. The molecule has 0 saturated carbocycles. The zero-order valence-electron chi connectivity index (χ0n) is 17.8. The molecule has 1 amide bonds. The van der Waals surface area contributed by atoms with E-state index < -0.39 is 17.2 Å². The number of carbonyl (C=O) groups excluding carboxylic acids is 1. The van der Waals surface area contributed by atoms with E-state index in [2.05, 4.69) is 10.3 Å². The topological polar surface area (TPSA) is 85.4 Å². The monoisotopic (exact) mass is 478 g/mol. The molecule has 4 rings (SSSR count). The fourth-order valence-electron chi connectivity index (χ4n) is 3.77. The summed E-state index contributed by atoms with van der Waals surface area (Å²) in [5, 5.41) is 3.90. The molecular formula is C25H21ClN3O3S-. The Morgan fingerprint density at radius 1 is 1.06 bits per heavy atom. The molecule has 2 unspecified atom stereocenters. The Hall–Kier alpha value is -3.26. The third-order valence-electron chi connectivity index (χ3n) is 5.33. The average molecular weight is 479 g/mol. The van der Waals surface area contributed by atoms with E-state index in [1.165, 1.54) is 0 Å². The molecule has 33 heavy (non-hydrogen) atoms. The number of carbonyl (C=O) groups is 1. The van der Waals surface area contributed by atoms with Crippen LogP contribution in [0.5, 0.6) is 0 Å². The van der Waals surface area contributed by atoms with Gasteiger partial charge in [0.2, 0.25) is 0 Å². The van der Waals surface area contributed by atoms with E-state index >= 15 is 0 Å². The van der Waals surface area contributed by atoms with Gasteiger partial charge in [0, 0.05) is 11.6 Å². The van der Waals surface area contributed by atoms with Gasteiger partial charge in [0.1, 0.15) is 0 Å². The molecule has 0 aliphatic rings. The van der Waals surface area contributed by atoms with Gasteiger partial charge in [-0.1, -0.05) is 73.1 Å². The molecule has 0 aliphatic heterocycles. The lowest BCUT2D eigenvalue weighted by Crippen LogP contribution is -2.31. The molecule has 0 aliphatic carbocycles. The van der Waals surface area contributed by atoms with E-state index in [1.807, 2.05) is 49.4 Å². The number of anilines is 2. The van der Waals surface area contributed by atoms with Gasteiger partial charge in [0.15, 0.2) is 0 Å². The van der Waals surface area contributed by atoms with Crippen molar-refractivity contribution in [2.75, 3.05) is 4.31 Å². The van der Waals surface area contributed by atoms with Gasteiger partial charge in [-0.3, -0.25) is 18.3 Å². The molecular weight excluding hydrogens is 458 g/mol. The van der Waals surface area contributed by atoms with Crippen LogP contribution in [0.15, 0.2) is 85.1 Å². The Balaban J connectivity index is 1.81. The number of rotatable bonds is 7. The SMILES string of the molecule is CCC(NC(=O)c1cccc(Cl)c1N(c1cccc2cccnc12)S(=O)[O-])c1ccccc1. The maximum atomic E-state index is 13.4. The van der Waals surface area contributed by atoms with Crippen LogP contribution in [-0.4, -0.2) is 19.7 Å². The maximum absolute atomic E-state index is 13.4. The predicted octanol–water partition coefficient (Wildman–Crippen LogP) is 5.70. The first kappa shape index (κ1) is 22.9. The highest BCUT2D eigenvalue weighted by Gasteiger charge is 2.25. The van der Waals surface area contributed by atoms with Gasteiger partial charge >= 0.3 is 0 Å². The van der Waals surface area contributed by atoms with Crippen molar-refractivity contribution in [3.63, 3.8) is 0 Å². The van der Waals surface area contributed by atoms with Gasteiger partial charge in [-0.15, -0.1) is 0 Å². The molecule has 1 aromatic heterocycles. The molecule has 4 aromatic rings. The minimum absolute atomic E-state index is 0.0751. The van der Waals surface area contributed by atoms with Gasteiger partial charge in [0.25, 0.3) is 5.91 Å². The van der Waals surface area contributed by atoms with Crippen molar-refractivity contribution in [3.05, 3.63) is 101 Å². The normalized spacial score (nSPS) is 12.8. The summed E-state index contributed by atoms with van der Waals surface area (Å²) < 4.78 is 26.0. The lowest BCUT2D eigenvalue weighted by molar-refractivity contribution is 0.0936. The summed E-state index contributed by atoms with van der Waals surface area (Å²) in [6.45, 7) is 1.97. The molecule has 0 bridgehead atoms. The molecule has 1 N–H and O–H groups in total. The molecule has 0 saturated heterocycles. The minimum Gasteiger partial charge on any atom is -0.755 e. The number of hydrogen-bond donors (Lipinski definition) is 1. The van der Waals surface area contributed by atoms with Crippen LogP contribution in [0, 0.1) is 0 Å².